The van der Waals surface area contributed by atoms with E-state index in [1.807, 2.05) is 0 Å². The molecule has 0 aliphatic rings. The first-order valence-corrected chi connectivity index (χ1v) is 8.54. The van der Waals surface area contributed by atoms with Crippen molar-refractivity contribution in [2.24, 2.45) is 0 Å². The molecule has 10 heteroatoms. The second kappa shape index (κ2) is 7.04. The standard InChI is InChI=1S/C19H14F3N5O2/c1-10-24-16(27-26-10)9-23-17(28)12-4-7-15-14(8-12)25-18(29-15)11-2-5-13(6-3-11)19(20,21)22/h2-8H,9H2,1H3,(H,23,28)(H,24,26,27). The molecule has 2 N–H and O–H groups in total. The molecule has 4 rings (SSSR count). The molecule has 148 valence electrons. The van der Waals surface area contributed by atoms with Crippen LogP contribution in [0.4, 0.5) is 13.2 Å². The van der Waals surface area contributed by atoms with Gasteiger partial charge in [-0.15, -0.1) is 0 Å². The molecular formula is C19H14F3N5O2. The van der Waals surface area contributed by atoms with Gasteiger partial charge in [0.15, 0.2) is 11.4 Å². The Morgan fingerprint density at radius 2 is 1.90 bits per heavy atom. The number of hydrogen-bond acceptors (Lipinski definition) is 5. The summed E-state index contributed by atoms with van der Waals surface area (Å²) in [6, 6.07) is 9.22. The Hall–Kier alpha value is -3.69. The van der Waals surface area contributed by atoms with E-state index in [0.717, 1.165) is 12.1 Å². The van der Waals surface area contributed by atoms with Gasteiger partial charge in [0, 0.05) is 11.1 Å². The van der Waals surface area contributed by atoms with Crippen molar-refractivity contribution >= 4 is 17.0 Å². The lowest BCUT2D eigenvalue weighted by Gasteiger charge is -2.05. The molecule has 0 aliphatic heterocycles. The molecule has 0 unspecified atom stereocenters. The van der Waals surface area contributed by atoms with Crippen molar-refractivity contribution < 1.29 is 22.4 Å². The van der Waals surface area contributed by atoms with Crippen molar-refractivity contribution in [1.29, 1.82) is 0 Å². The zero-order valence-corrected chi connectivity index (χ0v) is 15.0. The Bertz CT molecular complexity index is 1180. The van der Waals surface area contributed by atoms with E-state index in [4.69, 9.17) is 4.42 Å². The summed E-state index contributed by atoms with van der Waals surface area (Å²) in [7, 11) is 0. The summed E-state index contributed by atoms with van der Waals surface area (Å²) >= 11 is 0. The van der Waals surface area contributed by atoms with Crippen LogP contribution in [0.3, 0.4) is 0 Å². The number of fused-ring (bicyclic) bond motifs is 1. The zero-order chi connectivity index (χ0) is 20.6. The summed E-state index contributed by atoms with van der Waals surface area (Å²) < 4.78 is 43.7. The number of carbonyl (C=O) groups is 1. The number of benzene rings is 2. The third-order valence-corrected chi connectivity index (χ3v) is 4.16. The van der Waals surface area contributed by atoms with E-state index in [1.165, 1.54) is 12.1 Å². The average Bonchev–Trinajstić information content (AvgIpc) is 3.30. The third-order valence-electron chi connectivity index (χ3n) is 4.16. The van der Waals surface area contributed by atoms with Crippen LogP contribution in [0.15, 0.2) is 46.9 Å². The number of carbonyl (C=O) groups excluding carboxylic acids is 1. The average molecular weight is 401 g/mol. The van der Waals surface area contributed by atoms with Gasteiger partial charge >= 0.3 is 6.18 Å². The molecule has 0 fully saturated rings. The number of nitrogens with zero attached hydrogens (tertiary/aromatic N) is 3. The number of aromatic nitrogens is 4. The third kappa shape index (κ3) is 3.96. The predicted octanol–water partition coefficient (Wildman–Crippen LogP) is 3.87. The first-order chi connectivity index (χ1) is 13.8. The molecule has 0 saturated heterocycles. The first kappa shape index (κ1) is 18.7. The summed E-state index contributed by atoms with van der Waals surface area (Å²) in [5.41, 5.74) is 0.845. The van der Waals surface area contributed by atoms with E-state index in [0.29, 0.717) is 33.9 Å². The minimum Gasteiger partial charge on any atom is -0.436 e. The molecule has 1 amide bonds. The molecule has 2 aromatic carbocycles. The van der Waals surface area contributed by atoms with Gasteiger partial charge in [-0.05, 0) is 49.4 Å². The Morgan fingerprint density at radius 1 is 1.14 bits per heavy atom. The lowest BCUT2D eigenvalue weighted by atomic mass is 10.1. The lowest BCUT2D eigenvalue weighted by molar-refractivity contribution is -0.137. The first-order valence-electron chi connectivity index (χ1n) is 8.54. The fourth-order valence-corrected chi connectivity index (χ4v) is 2.72. The van der Waals surface area contributed by atoms with Gasteiger partial charge in [0.05, 0.1) is 12.1 Å². The number of hydrogen-bond donors (Lipinski definition) is 2. The molecule has 29 heavy (non-hydrogen) atoms. The number of aromatic amines is 1. The largest absolute Gasteiger partial charge is 0.436 e. The van der Waals surface area contributed by atoms with E-state index in [-0.39, 0.29) is 18.3 Å². The summed E-state index contributed by atoms with van der Waals surface area (Å²) in [5, 5.41) is 9.33. The summed E-state index contributed by atoms with van der Waals surface area (Å²) in [4.78, 5) is 20.7. The molecule has 2 aromatic heterocycles. The van der Waals surface area contributed by atoms with Crippen LogP contribution in [0.2, 0.25) is 0 Å². The highest BCUT2D eigenvalue weighted by molar-refractivity contribution is 5.97. The van der Waals surface area contributed by atoms with E-state index in [9.17, 15) is 18.0 Å². The molecular weight excluding hydrogens is 387 g/mol. The lowest BCUT2D eigenvalue weighted by Crippen LogP contribution is -2.23. The van der Waals surface area contributed by atoms with Crippen LogP contribution in [0, 0.1) is 6.92 Å². The Kier molecular flexibility index (Phi) is 4.53. The SMILES string of the molecule is Cc1nc(CNC(=O)c2ccc3oc(-c4ccc(C(F)(F)F)cc4)nc3c2)n[nH]1. The monoisotopic (exact) mass is 401 g/mol. The Balaban J connectivity index is 1.53. The normalized spacial score (nSPS) is 11.7. The number of alkyl halides is 3. The predicted molar refractivity (Wildman–Crippen MR) is 96.7 cm³/mol. The molecule has 0 atom stereocenters. The highest BCUT2D eigenvalue weighted by Crippen LogP contribution is 2.31. The molecule has 4 aromatic rings. The number of nitrogens with one attached hydrogen (secondary N) is 2. The van der Waals surface area contributed by atoms with Crippen molar-refractivity contribution in [3.05, 3.63) is 65.2 Å². The second-order valence-electron chi connectivity index (χ2n) is 6.30. The van der Waals surface area contributed by atoms with Crippen molar-refractivity contribution in [2.45, 2.75) is 19.6 Å². The maximum absolute atomic E-state index is 12.7. The van der Waals surface area contributed by atoms with Gasteiger partial charge in [-0.2, -0.15) is 18.3 Å². The fraction of sp³-hybridized carbons (Fsp3) is 0.158. The fourth-order valence-electron chi connectivity index (χ4n) is 2.72. The number of halogens is 3. The van der Waals surface area contributed by atoms with Gasteiger partial charge in [0.25, 0.3) is 5.91 Å². The Morgan fingerprint density at radius 3 is 2.55 bits per heavy atom. The molecule has 2 heterocycles. The van der Waals surface area contributed by atoms with Crippen LogP contribution in [0.1, 0.15) is 27.6 Å². The van der Waals surface area contributed by atoms with Crippen LogP contribution >= 0.6 is 0 Å². The molecule has 0 aliphatic carbocycles. The van der Waals surface area contributed by atoms with Crippen LogP contribution in [0.5, 0.6) is 0 Å². The molecule has 0 radical (unpaired) electrons. The van der Waals surface area contributed by atoms with Gasteiger partial charge in [-0.3, -0.25) is 9.89 Å². The smallest absolute Gasteiger partial charge is 0.416 e. The second-order valence-corrected chi connectivity index (χ2v) is 6.30. The minimum atomic E-state index is -4.41. The number of aryl methyl sites for hydroxylation is 1. The summed E-state index contributed by atoms with van der Waals surface area (Å²) in [6.45, 7) is 1.92. The number of rotatable bonds is 4. The van der Waals surface area contributed by atoms with E-state index >= 15 is 0 Å². The minimum absolute atomic E-state index is 0.164. The highest BCUT2D eigenvalue weighted by atomic mass is 19.4. The molecule has 0 bridgehead atoms. The topological polar surface area (TPSA) is 96.7 Å². The van der Waals surface area contributed by atoms with Gasteiger partial charge in [-0.25, -0.2) is 9.97 Å². The van der Waals surface area contributed by atoms with Crippen molar-refractivity contribution in [1.82, 2.24) is 25.5 Å². The maximum atomic E-state index is 12.7. The van der Waals surface area contributed by atoms with Gasteiger partial charge in [-0.1, -0.05) is 0 Å². The highest BCUT2D eigenvalue weighted by Gasteiger charge is 2.30. The van der Waals surface area contributed by atoms with Crippen LogP contribution in [0.25, 0.3) is 22.6 Å². The van der Waals surface area contributed by atoms with E-state index < -0.39 is 11.7 Å². The van der Waals surface area contributed by atoms with Gasteiger partial charge < -0.3 is 9.73 Å². The summed E-state index contributed by atoms with van der Waals surface area (Å²) in [5.74, 6) is 0.938. The quantitative estimate of drug-likeness (QED) is 0.541. The molecule has 0 spiro atoms. The Labute approximate surface area is 162 Å². The molecule has 0 saturated carbocycles. The van der Waals surface area contributed by atoms with E-state index in [2.05, 4.69) is 25.5 Å². The van der Waals surface area contributed by atoms with Gasteiger partial charge in [0.1, 0.15) is 11.3 Å². The number of amides is 1. The van der Waals surface area contributed by atoms with E-state index in [1.54, 1.807) is 25.1 Å². The van der Waals surface area contributed by atoms with Gasteiger partial charge in [0.2, 0.25) is 5.89 Å². The summed E-state index contributed by atoms with van der Waals surface area (Å²) in [6.07, 6.45) is -4.41. The van der Waals surface area contributed by atoms with Crippen LogP contribution in [-0.2, 0) is 12.7 Å². The van der Waals surface area contributed by atoms with Crippen molar-refractivity contribution in [3.63, 3.8) is 0 Å². The maximum Gasteiger partial charge on any atom is 0.416 e. The number of H-pyrrole nitrogens is 1. The number of oxazole rings is 1. The van der Waals surface area contributed by atoms with Crippen LogP contribution < -0.4 is 5.32 Å². The van der Waals surface area contributed by atoms with Crippen molar-refractivity contribution in [3.8, 4) is 11.5 Å². The van der Waals surface area contributed by atoms with Crippen LogP contribution in [-0.4, -0.2) is 26.1 Å². The van der Waals surface area contributed by atoms with Crippen molar-refractivity contribution in [2.75, 3.05) is 0 Å². The zero-order valence-electron chi connectivity index (χ0n) is 15.0. The molecule has 7 nitrogen and oxygen atoms in total.